The monoisotopic (exact) mass is 448 g/mol. The van der Waals surface area contributed by atoms with Crippen LogP contribution in [0.2, 0.25) is 0 Å². The van der Waals surface area contributed by atoms with E-state index in [1.807, 2.05) is 0 Å². The van der Waals surface area contributed by atoms with Crippen LogP contribution in [0.5, 0.6) is 0 Å². The van der Waals surface area contributed by atoms with Gasteiger partial charge in [0.1, 0.15) is 24.4 Å². The topological polar surface area (TPSA) is 147 Å². The number of ether oxygens (including phenoxy) is 3. The summed E-state index contributed by atoms with van der Waals surface area (Å²) in [5, 5.41) is 34.9. The predicted molar refractivity (Wildman–Crippen MR) is 113 cm³/mol. The van der Waals surface area contributed by atoms with Gasteiger partial charge < -0.3 is 40.2 Å². The Bertz CT molecular complexity index is 508. The van der Waals surface area contributed by atoms with E-state index in [1.165, 1.54) is 6.92 Å². The Morgan fingerprint density at radius 2 is 1.65 bits per heavy atom. The van der Waals surface area contributed by atoms with Crippen LogP contribution in [0.3, 0.4) is 0 Å². The van der Waals surface area contributed by atoms with Gasteiger partial charge >= 0.3 is 0 Å². The van der Waals surface area contributed by atoms with E-state index in [2.05, 4.69) is 10.6 Å². The Morgan fingerprint density at radius 3 is 2.32 bits per heavy atom. The summed E-state index contributed by atoms with van der Waals surface area (Å²) in [6.07, 6.45) is 2.20. The van der Waals surface area contributed by atoms with Crippen molar-refractivity contribution in [1.82, 2.24) is 10.6 Å². The van der Waals surface area contributed by atoms with Crippen LogP contribution in [0.15, 0.2) is 0 Å². The number of rotatable bonds is 16. The minimum atomic E-state index is -1.33. The van der Waals surface area contributed by atoms with Gasteiger partial charge in [0.25, 0.3) is 0 Å². The van der Waals surface area contributed by atoms with Crippen LogP contribution in [0.4, 0.5) is 0 Å². The number of carbonyl (C=O) groups is 2. The molecule has 0 saturated carbocycles. The summed E-state index contributed by atoms with van der Waals surface area (Å²) < 4.78 is 16.1. The fourth-order valence-electron chi connectivity index (χ4n) is 3.42. The Labute approximate surface area is 184 Å². The number of amides is 2. The van der Waals surface area contributed by atoms with Crippen molar-refractivity contribution in [2.24, 2.45) is 0 Å². The average molecular weight is 449 g/mol. The van der Waals surface area contributed by atoms with Crippen molar-refractivity contribution in [3.05, 3.63) is 0 Å². The van der Waals surface area contributed by atoms with Gasteiger partial charge in [-0.25, -0.2) is 0 Å². The van der Waals surface area contributed by atoms with Crippen LogP contribution in [0.25, 0.3) is 0 Å². The molecule has 5 atom stereocenters. The standard InChI is InChI=1S/C21H40N2O8/c1-15(25)23-18-20(28)19(27)16(14-24)31-21(18)30-13-9-5-6-10-17(26)22-11-7-3-4-8-12-29-2/h16,18-21,24,27-28H,3-14H2,1-2H3,(H,22,26)(H,23,25)/t16?,18?,19-,20+,21+/m0/s1. The Balaban J connectivity index is 2.18. The van der Waals surface area contributed by atoms with E-state index in [0.717, 1.165) is 45.1 Å². The van der Waals surface area contributed by atoms with Crippen molar-refractivity contribution in [1.29, 1.82) is 0 Å². The van der Waals surface area contributed by atoms with E-state index in [1.54, 1.807) is 7.11 Å². The molecule has 1 saturated heterocycles. The number of aliphatic hydroxyl groups is 3. The van der Waals surface area contributed by atoms with Crippen LogP contribution in [0, 0.1) is 0 Å². The summed E-state index contributed by atoms with van der Waals surface area (Å²) in [6.45, 7) is 2.58. The smallest absolute Gasteiger partial charge is 0.219 e. The average Bonchev–Trinajstić information content (AvgIpc) is 2.74. The second kappa shape index (κ2) is 16.3. The minimum absolute atomic E-state index is 0.0436. The van der Waals surface area contributed by atoms with Crippen molar-refractivity contribution >= 4 is 11.8 Å². The highest BCUT2D eigenvalue weighted by Crippen LogP contribution is 2.22. The van der Waals surface area contributed by atoms with E-state index in [4.69, 9.17) is 14.2 Å². The number of methoxy groups -OCH3 is 1. The zero-order valence-electron chi connectivity index (χ0n) is 18.8. The second-order valence-electron chi connectivity index (χ2n) is 7.87. The van der Waals surface area contributed by atoms with E-state index >= 15 is 0 Å². The van der Waals surface area contributed by atoms with Gasteiger partial charge in [0.05, 0.1) is 6.61 Å². The van der Waals surface area contributed by atoms with Crippen LogP contribution in [0.1, 0.15) is 58.3 Å². The molecule has 10 heteroatoms. The molecule has 182 valence electrons. The first kappa shape index (κ1) is 27.7. The van der Waals surface area contributed by atoms with E-state index in [0.29, 0.717) is 26.0 Å². The van der Waals surface area contributed by atoms with Crippen LogP contribution in [-0.4, -0.2) is 91.3 Å². The molecule has 1 heterocycles. The fraction of sp³-hybridized carbons (Fsp3) is 0.905. The highest BCUT2D eigenvalue weighted by atomic mass is 16.7. The summed E-state index contributed by atoms with van der Waals surface area (Å²) in [5.41, 5.74) is 0. The van der Waals surface area contributed by atoms with Gasteiger partial charge in [-0.3, -0.25) is 9.59 Å². The molecule has 5 N–H and O–H groups in total. The number of nitrogens with one attached hydrogen (secondary N) is 2. The number of unbranched alkanes of at least 4 members (excludes halogenated alkanes) is 5. The lowest BCUT2D eigenvalue weighted by Crippen LogP contribution is -2.64. The molecule has 0 aromatic heterocycles. The van der Waals surface area contributed by atoms with Crippen LogP contribution < -0.4 is 10.6 Å². The molecule has 0 aliphatic carbocycles. The van der Waals surface area contributed by atoms with Crippen molar-refractivity contribution < 1.29 is 39.1 Å². The summed E-state index contributed by atoms with van der Waals surface area (Å²) in [7, 11) is 1.70. The largest absolute Gasteiger partial charge is 0.394 e. The lowest BCUT2D eigenvalue weighted by Gasteiger charge is -2.42. The molecule has 0 spiro atoms. The van der Waals surface area contributed by atoms with Gasteiger partial charge in [0.2, 0.25) is 11.8 Å². The van der Waals surface area contributed by atoms with Crippen molar-refractivity contribution in [3.63, 3.8) is 0 Å². The zero-order chi connectivity index (χ0) is 23.1. The molecule has 0 radical (unpaired) electrons. The summed E-state index contributed by atoms with van der Waals surface area (Å²) in [4.78, 5) is 23.2. The van der Waals surface area contributed by atoms with Gasteiger partial charge in [-0.15, -0.1) is 0 Å². The van der Waals surface area contributed by atoms with Gasteiger partial charge in [-0.2, -0.15) is 0 Å². The predicted octanol–water partition coefficient (Wildman–Crippen LogP) is -0.170. The van der Waals surface area contributed by atoms with Crippen LogP contribution in [-0.2, 0) is 23.8 Å². The van der Waals surface area contributed by atoms with Gasteiger partial charge in [0.15, 0.2) is 6.29 Å². The van der Waals surface area contributed by atoms with Gasteiger partial charge in [-0.1, -0.05) is 19.3 Å². The molecule has 31 heavy (non-hydrogen) atoms. The molecule has 10 nitrogen and oxygen atoms in total. The maximum Gasteiger partial charge on any atom is 0.219 e. The van der Waals surface area contributed by atoms with Crippen molar-refractivity contribution in [2.75, 3.05) is 33.5 Å². The lowest BCUT2D eigenvalue weighted by atomic mass is 9.97. The molecular formula is C21H40N2O8. The first-order valence-electron chi connectivity index (χ1n) is 11.2. The second-order valence-corrected chi connectivity index (χ2v) is 7.87. The fourth-order valence-corrected chi connectivity index (χ4v) is 3.42. The molecule has 2 amide bonds. The molecular weight excluding hydrogens is 408 g/mol. The number of carbonyl (C=O) groups excluding carboxylic acids is 2. The van der Waals surface area contributed by atoms with Gasteiger partial charge in [-0.05, 0) is 25.7 Å². The maximum absolute atomic E-state index is 11.8. The molecule has 0 aromatic rings. The quantitative estimate of drug-likeness (QED) is 0.205. The van der Waals surface area contributed by atoms with Crippen LogP contribution >= 0.6 is 0 Å². The number of hydrogen-bond donors (Lipinski definition) is 5. The normalized spacial score (nSPS) is 25.9. The van der Waals surface area contributed by atoms with E-state index in [9.17, 15) is 24.9 Å². The molecule has 0 aromatic carbocycles. The maximum atomic E-state index is 11.8. The Hall–Kier alpha value is -1.30. The first-order valence-corrected chi connectivity index (χ1v) is 11.2. The summed E-state index contributed by atoms with van der Waals surface area (Å²) >= 11 is 0. The zero-order valence-corrected chi connectivity index (χ0v) is 18.8. The molecule has 1 aliphatic rings. The third-order valence-electron chi connectivity index (χ3n) is 5.18. The minimum Gasteiger partial charge on any atom is -0.394 e. The number of hydrogen-bond acceptors (Lipinski definition) is 8. The lowest BCUT2D eigenvalue weighted by molar-refractivity contribution is -0.270. The van der Waals surface area contributed by atoms with E-state index < -0.39 is 43.2 Å². The third kappa shape index (κ3) is 11.2. The van der Waals surface area contributed by atoms with Gasteiger partial charge in [0, 0.05) is 40.2 Å². The van der Waals surface area contributed by atoms with Crippen molar-refractivity contribution in [3.8, 4) is 0 Å². The summed E-state index contributed by atoms with van der Waals surface area (Å²) in [6, 6.07) is -0.935. The van der Waals surface area contributed by atoms with Crippen molar-refractivity contribution in [2.45, 2.75) is 88.9 Å². The van der Waals surface area contributed by atoms with E-state index in [-0.39, 0.29) is 5.91 Å². The Morgan fingerprint density at radius 1 is 0.968 bits per heavy atom. The highest BCUT2D eigenvalue weighted by Gasteiger charge is 2.45. The summed E-state index contributed by atoms with van der Waals surface area (Å²) in [5.74, 6) is -0.348. The molecule has 1 aliphatic heterocycles. The first-order chi connectivity index (χ1) is 14.9. The molecule has 0 bridgehead atoms. The highest BCUT2D eigenvalue weighted by molar-refractivity contribution is 5.75. The molecule has 1 rings (SSSR count). The SMILES string of the molecule is COCCCCCCNC(=O)CCCCCO[C@@H]1OC(CO)[C@H](O)[C@H](O)C1NC(C)=O. The third-order valence-corrected chi connectivity index (χ3v) is 5.18. The molecule has 2 unspecified atom stereocenters. The molecule has 1 fully saturated rings. The Kier molecular flexibility index (Phi) is 14.6. The number of aliphatic hydroxyl groups excluding tert-OH is 3.